The normalized spacial score (nSPS) is 20.0. The number of alkyl halides is 3. The van der Waals surface area contributed by atoms with Gasteiger partial charge in [-0.05, 0) is 54.2 Å². The first kappa shape index (κ1) is 25.6. The second-order valence-corrected chi connectivity index (χ2v) is 9.97. The van der Waals surface area contributed by atoms with E-state index in [-0.39, 0.29) is 37.8 Å². The molecule has 1 aliphatic carbocycles. The fourth-order valence-electron chi connectivity index (χ4n) is 5.53. The first-order valence-corrected chi connectivity index (χ1v) is 12.1. The largest absolute Gasteiger partial charge is 0.451 e. The van der Waals surface area contributed by atoms with Crippen LogP contribution in [0.2, 0.25) is 5.02 Å². The van der Waals surface area contributed by atoms with Crippen molar-refractivity contribution in [2.75, 3.05) is 6.54 Å². The van der Waals surface area contributed by atoms with Crippen molar-refractivity contribution in [2.45, 2.75) is 56.4 Å². The number of hydrogen-bond donors (Lipinski definition) is 1. The van der Waals surface area contributed by atoms with Gasteiger partial charge < -0.3 is 15.2 Å². The number of halogens is 6. The lowest BCUT2D eigenvalue weighted by Gasteiger charge is -2.38. The summed E-state index contributed by atoms with van der Waals surface area (Å²) in [5, 5.41) is 7.35. The van der Waals surface area contributed by atoms with E-state index >= 15 is 0 Å². The summed E-state index contributed by atoms with van der Waals surface area (Å²) in [5.74, 6) is -3.38. The number of nitrogens with two attached hydrogens (primary N) is 1. The Balaban J connectivity index is 1.42. The third-order valence-electron chi connectivity index (χ3n) is 7.45. The number of fused-ring (bicyclic) bond motifs is 2. The number of carbonyl (C=O) groups is 1. The first-order valence-electron chi connectivity index (χ1n) is 11.7. The summed E-state index contributed by atoms with van der Waals surface area (Å²) in [4.78, 5) is 14.7. The van der Waals surface area contributed by atoms with Gasteiger partial charge in [-0.15, -0.1) is 10.2 Å². The fraction of sp³-hybridized carbons (Fsp3) is 0.400. The zero-order valence-electron chi connectivity index (χ0n) is 19.5. The number of aryl methyl sites for hydroxylation is 1. The highest BCUT2D eigenvalue weighted by molar-refractivity contribution is 6.31. The molecule has 2 atom stereocenters. The monoisotopic (exact) mass is 539 g/mol. The van der Waals surface area contributed by atoms with Crippen molar-refractivity contribution >= 4 is 17.5 Å². The van der Waals surface area contributed by atoms with E-state index in [1.54, 1.807) is 12.1 Å². The summed E-state index contributed by atoms with van der Waals surface area (Å²) in [7, 11) is 0. The molecule has 5 rings (SSSR count). The third-order valence-corrected chi connectivity index (χ3v) is 7.82. The van der Waals surface area contributed by atoms with Crippen LogP contribution in [-0.2, 0) is 42.3 Å². The lowest BCUT2D eigenvalue weighted by molar-refractivity contribution is -0.148. The molecule has 2 unspecified atom stereocenters. The molecule has 0 fully saturated rings. The molecule has 37 heavy (non-hydrogen) atoms. The SMILES string of the molecule is NC(CC(=O)N1CCn2c(nnc2C(F)(F)F)C1)C1(Cc2ccccc2Cl)CCc2cc(F)c(F)cc21. The van der Waals surface area contributed by atoms with E-state index in [0.29, 0.717) is 35.4 Å². The second-order valence-electron chi connectivity index (χ2n) is 9.56. The highest BCUT2D eigenvalue weighted by Gasteiger charge is 2.46. The molecular weight excluding hydrogens is 517 g/mol. The van der Waals surface area contributed by atoms with Gasteiger partial charge in [-0.3, -0.25) is 4.79 Å². The minimum absolute atomic E-state index is 0.0353. The lowest BCUT2D eigenvalue weighted by atomic mass is 9.70. The van der Waals surface area contributed by atoms with Gasteiger partial charge in [-0.1, -0.05) is 29.8 Å². The Morgan fingerprint density at radius 3 is 2.59 bits per heavy atom. The summed E-state index contributed by atoms with van der Waals surface area (Å²) in [6.45, 7) is -0.202. The van der Waals surface area contributed by atoms with E-state index < -0.39 is 35.1 Å². The molecule has 1 aromatic heterocycles. The number of hydrogen-bond acceptors (Lipinski definition) is 4. The van der Waals surface area contributed by atoms with Crippen LogP contribution >= 0.6 is 11.6 Å². The van der Waals surface area contributed by atoms with Crippen LogP contribution in [0, 0.1) is 11.6 Å². The zero-order valence-corrected chi connectivity index (χ0v) is 20.3. The number of benzene rings is 2. The summed E-state index contributed by atoms with van der Waals surface area (Å²) in [6.07, 6.45) is -3.58. The van der Waals surface area contributed by atoms with Crippen molar-refractivity contribution in [1.29, 1.82) is 0 Å². The quantitative estimate of drug-likeness (QED) is 0.487. The Morgan fingerprint density at radius 1 is 1.14 bits per heavy atom. The Bertz CT molecular complexity index is 1360. The van der Waals surface area contributed by atoms with Crippen LogP contribution in [0.1, 0.15) is 41.2 Å². The summed E-state index contributed by atoms with van der Waals surface area (Å²) >= 11 is 6.42. The molecule has 0 bridgehead atoms. The third kappa shape index (κ3) is 4.59. The molecule has 2 aliphatic rings. The summed E-state index contributed by atoms with van der Waals surface area (Å²) in [5.41, 5.74) is 7.72. The molecule has 12 heteroatoms. The van der Waals surface area contributed by atoms with Crippen LogP contribution < -0.4 is 5.73 Å². The summed E-state index contributed by atoms with van der Waals surface area (Å²) < 4.78 is 68.8. The lowest BCUT2D eigenvalue weighted by Crippen LogP contribution is -2.50. The number of aromatic nitrogens is 3. The molecular formula is C25H23ClF5N5O. The highest BCUT2D eigenvalue weighted by Crippen LogP contribution is 2.46. The van der Waals surface area contributed by atoms with Crippen LogP contribution in [0.5, 0.6) is 0 Å². The van der Waals surface area contributed by atoms with Gasteiger partial charge in [0.15, 0.2) is 17.5 Å². The highest BCUT2D eigenvalue weighted by atomic mass is 35.5. The minimum Gasteiger partial charge on any atom is -0.333 e. The second kappa shape index (κ2) is 9.36. The molecule has 6 nitrogen and oxygen atoms in total. The molecule has 196 valence electrons. The molecule has 2 heterocycles. The van der Waals surface area contributed by atoms with Crippen LogP contribution in [0.25, 0.3) is 0 Å². The maximum Gasteiger partial charge on any atom is 0.451 e. The van der Waals surface area contributed by atoms with E-state index in [1.165, 1.54) is 11.0 Å². The Hall–Kier alpha value is -3.05. The number of nitrogens with zero attached hydrogens (tertiary/aromatic N) is 4. The van der Waals surface area contributed by atoms with Crippen LogP contribution in [-0.4, -0.2) is 38.2 Å². The predicted octanol–water partition coefficient (Wildman–Crippen LogP) is 4.42. The molecule has 0 saturated heterocycles. The van der Waals surface area contributed by atoms with Gasteiger partial charge in [0.1, 0.15) is 0 Å². The fourth-order valence-corrected chi connectivity index (χ4v) is 5.73. The van der Waals surface area contributed by atoms with Gasteiger partial charge in [-0.2, -0.15) is 13.2 Å². The van der Waals surface area contributed by atoms with Crippen molar-refractivity contribution < 1.29 is 26.7 Å². The molecule has 0 saturated carbocycles. The van der Waals surface area contributed by atoms with Gasteiger partial charge >= 0.3 is 6.18 Å². The van der Waals surface area contributed by atoms with Crippen molar-refractivity contribution in [1.82, 2.24) is 19.7 Å². The molecule has 1 aliphatic heterocycles. The van der Waals surface area contributed by atoms with Gasteiger partial charge in [0, 0.05) is 36.0 Å². The first-order chi connectivity index (χ1) is 17.5. The average molecular weight is 540 g/mol. The zero-order chi connectivity index (χ0) is 26.5. The summed E-state index contributed by atoms with van der Waals surface area (Å²) in [6, 6.07) is 8.66. The van der Waals surface area contributed by atoms with Gasteiger partial charge in [0.05, 0.1) is 6.54 Å². The molecule has 2 aromatic carbocycles. The van der Waals surface area contributed by atoms with Gasteiger partial charge in [0.2, 0.25) is 11.7 Å². The Morgan fingerprint density at radius 2 is 1.86 bits per heavy atom. The van der Waals surface area contributed by atoms with E-state index in [0.717, 1.165) is 16.2 Å². The van der Waals surface area contributed by atoms with E-state index in [2.05, 4.69) is 10.2 Å². The van der Waals surface area contributed by atoms with Crippen molar-refractivity contribution in [3.63, 3.8) is 0 Å². The van der Waals surface area contributed by atoms with Crippen molar-refractivity contribution in [3.8, 4) is 0 Å². The minimum atomic E-state index is -4.64. The smallest absolute Gasteiger partial charge is 0.333 e. The molecule has 3 aromatic rings. The number of carbonyl (C=O) groups excluding carboxylic acids is 1. The van der Waals surface area contributed by atoms with Gasteiger partial charge in [-0.25, -0.2) is 8.78 Å². The van der Waals surface area contributed by atoms with Gasteiger partial charge in [0.25, 0.3) is 0 Å². The average Bonchev–Trinajstić information content (AvgIpc) is 3.43. The standard InChI is InChI=1S/C25H23ClF5N5O/c26-17-4-2-1-3-15(17)12-24(6-5-14-9-18(27)19(28)10-16(14)24)20(32)11-22(37)35-7-8-36-21(13-35)33-34-23(36)25(29,30)31/h1-4,9-10,20H,5-8,11-13,32H2. The van der Waals surface area contributed by atoms with E-state index in [1.807, 2.05) is 12.1 Å². The van der Waals surface area contributed by atoms with E-state index in [4.69, 9.17) is 17.3 Å². The Labute approximate surface area is 214 Å². The molecule has 1 amide bonds. The van der Waals surface area contributed by atoms with Crippen molar-refractivity contribution in [2.24, 2.45) is 5.73 Å². The maximum atomic E-state index is 14.4. The molecule has 0 radical (unpaired) electrons. The maximum absolute atomic E-state index is 14.4. The topological polar surface area (TPSA) is 77.0 Å². The Kier molecular flexibility index (Phi) is 6.47. The number of amides is 1. The van der Waals surface area contributed by atoms with Crippen LogP contribution in [0.4, 0.5) is 22.0 Å². The molecule has 2 N–H and O–H groups in total. The van der Waals surface area contributed by atoms with Crippen molar-refractivity contribution in [3.05, 3.63) is 81.4 Å². The van der Waals surface area contributed by atoms with E-state index in [9.17, 15) is 26.7 Å². The molecule has 0 spiro atoms. The predicted molar refractivity (Wildman–Crippen MR) is 125 cm³/mol. The van der Waals surface area contributed by atoms with Crippen LogP contribution in [0.15, 0.2) is 36.4 Å². The van der Waals surface area contributed by atoms with Crippen LogP contribution in [0.3, 0.4) is 0 Å². The number of rotatable bonds is 5.